The van der Waals surface area contributed by atoms with Gasteiger partial charge in [0, 0.05) is 23.1 Å². The van der Waals surface area contributed by atoms with Crippen LogP contribution in [0.4, 0.5) is 11.4 Å². The molecule has 52 heavy (non-hydrogen) atoms. The van der Waals surface area contributed by atoms with E-state index in [4.69, 9.17) is 0 Å². The topological polar surface area (TPSA) is 107 Å². The third-order valence-corrected chi connectivity index (χ3v) is 8.53. The van der Waals surface area contributed by atoms with E-state index in [-0.39, 0.29) is 24.9 Å². The van der Waals surface area contributed by atoms with Crippen molar-refractivity contribution < 1.29 is 9.59 Å². The fourth-order valence-electron chi connectivity index (χ4n) is 5.98. The van der Waals surface area contributed by atoms with Crippen molar-refractivity contribution in [2.45, 2.75) is 26.9 Å². The molecular weight excluding hydrogens is 647 g/mol. The van der Waals surface area contributed by atoms with Crippen molar-refractivity contribution in [3.63, 3.8) is 0 Å². The molecule has 0 spiro atoms. The molecule has 0 fully saturated rings. The number of benzene rings is 5. The van der Waals surface area contributed by atoms with E-state index in [1.807, 2.05) is 138 Å². The van der Waals surface area contributed by atoms with Crippen LogP contribution < -0.4 is 10.6 Å². The Kier molecular flexibility index (Phi) is 9.92. The average molecular weight is 684 g/mol. The van der Waals surface area contributed by atoms with E-state index in [9.17, 15) is 9.59 Å². The van der Waals surface area contributed by atoms with Gasteiger partial charge in [0.25, 0.3) is 0 Å². The monoisotopic (exact) mass is 683 g/mol. The predicted octanol–water partition coefficient (Wildman–Crippen LogP) is 8.70. The molecule has 2 amide bonds. The molecule has 9 heteroatoms. The Balaban J connectivity index is 0.000000162. The molecule has 3 heterocycles. The number of anilines is 2. The standard InChI is InChI=1S/C22H19N3O.C21H18N4O/c1-16-6-4-7-17(12-16)18-8-5-9-19(13-18)24-22(26)14-25-15-23-20-10-2-3-11-21(20)25;1-15-9-10-18(22-12-15)16-5-4-6-17(11-16)24-21(26)13-25-14-23-19-7-2-3-8-20(19)25/h2-13,15H,14H2,1H3,(H,24,26);2-12,14H,13H2,1H3,(H,24,26). The second-order valence-corrected chi connectivity index (χ2v) is 12.6. The van der Waals surface area contributed by atoms with E-state index in [1.165, 1.54) is 5.56 Å². The van der Waals surface area contributed by atoms with Crippen molar-refractivity contribution in [3.05, 3.63) is 163 Å². The maximum Gasteiger partial charge on any atom is 0.244 e. The van der Waals surface area contributed by atoms with Crippen LogP contribution in [0.25, 0.3) is 44.5 Å². The van der Waals surface area contributed by atoms with Gasteiger partial charge in [-0.1, -0.05) is 84.4 Å². The molecule has 8 rings (SSSR count). The van der Waals surface area contributed by atoms with E-state index in [0.29, 0.717) is 0 Å². The van der Waals surface area contributed by atoms with Gasteiger partial charge in [-0.2, -0.15) is 0 Å². The minimum absolute atomic E-state index is 0.0745. The molecule has 9 nitrogen and oxygen atoms in total. The Labute approximate surface area is 301 Å². The summed E-state index contributed by atoms with van der Waals surface area (Å²) < 4.78 is 3.70. The van der Waals surface area contributed by atoms with Gasteiger partial charge in [-0.25, -0.2) is 9.97 Å². The Morgan fingerprint density at radius 3 is 1.60 bits per heavy atom. The first-order valence-electron chi connectivity index (χ1n) is 17.0. The number of nitrogens with one attached hydrogen (secondary N) is 2. The second kappa shape index (κ2) is 15.3. The van der Waals surface area contributed by atoms with Crippen molar-refractivity contribution in [3.8, 4) is 22.4 Å². The molecular formula is C43H37N7O2. The number of aromatic nitrogens is 5. The molecule has 0 atom stereocenters. The zero-order valence-electron chi connectivity index (χ0n) is 28.9. The van der Waals surface area contributed by atoms with Crippen LogP contribution >= 0.6 is 0 Å². The fraction of sp³-hybridized carbons (Fsp3) is 0.0930. The molecule has 256 valence electrons. The number of para-hydroxylation sites is 4. The summed E-state index contributed by atoms with van der Waals surface area (Å²) in [7, 11) is 0. The molecule has 0 unspecified atom stereocenters. The van der Waals surface area contributed by atoms with Crippen LogP contribution in [0.2, 0.25) is 0 Å². The lowest BCUT2D eigenvalue weighted by molar-refractivity contribution is -0.117. The molecule has 3 aromatic heterocycles. The first-order valence-corrected chi connectivity index (χ1v) is 17.0. The minimum Gasteiger partial charge on any atom is -0.325 e. The predicted molar refractivity (Wildman–Crippen MR) is 208 cm³/mol. The Morgan fingerprint density at radius 2 is 1.04 bits per heavy atom. The molecule has 0 saturated heterocycles. The average Bonchev–Trinajstić information content (AvgIpc) is 3.76. The summed E-state index contributed by atoms with van der Waals surface area (Å²) >= 11 is 0. The lowest BCUT2D eigenvalue weighted by Gasteiger charge is -2.09. The Morgan fingerprint density at radius 1 is 0.519 bits per heavy atom. The molecule has 5 aromatic carbocycles. The number of hydrogen-bond acceptors (Lipinski definition) is 5. The molecule has 8 aromatic rings. The van der Waals surface area contributed by atoms with Crippen LogP contribution in [0.15, 0.2) is 152 Å². The zero-order valence-corrected chi connectivity index (χ0v) is 28.9. The Hall–Kier alpha value is -6.87. The molecule has 0 saturated carbocycles. The molecule has 0 aliphatic carbocycles. The van der Waals surface area contributed by atoms with Gasteiger partial charge in [-0.05, 0) is 85.1 Å². The summed E-state index contributed by atoms with van der Waals surface area (Å²) in [6.45, 7) is 4.53. The molecule has 0 bridgehead atoms. The number of hydrogen-bond donors (Lipinski definition) is 2. The number of imidazole rings is 2. The highest BCUT2D eigenvalue weighted by atomic mass is 16.2. The highest BCUT2D eigenvalue weighted by molar-refractivity contribution is 5.93. The van der Waals surface area contributed by atoms with E-state index >= 15 is 0 Å². The maximum absolute atomic E-state index is 12.5. The van der Waals surface area contributed by atoms with Crippen LogP contribution in [-0.2, 0) is 22.7 Å². The van der Waals surface area contributed by atoms with Gasteiger partial charge in [-0.15, -0.1) is 0 Å². The van der Waals surface area contributed by atoms with Gasteiger partial charge < -0.3 is 19.8 Å². The first-order chi connectivity index (χ1) is 25.4. The van der Waals surface area contributed by atoms with Crippen LogP contribution in [0.1, 0.15) is 11.1 Å². The molecule has 2 N–H and O–H groups in total. The number of rotatable bonds is 8. The number of carbonyl (C=O) groups is 2. The lowest BCUT2D eigenvalue weighted by Crippen LogP contribution is -2.18. The molecule has 0 aliphatic rings. The summed E-state index contributed by atoms with van der Waals surface area (Å²) in [6.07, 6.45) is 5.23. The fourth-order valence-corrected chi connectivity index (χ4v) is 5.98. The summed E-state index contributed by atoms with van der Waals surface area (Å²) in [5, 5.41) is 5.93. The van der Waals surface area contributed by atoms with Gasteiger partial charge in [-0.3, -0.25) is 14.6 Å². The second-order valence-electron chi connectivity index (χ2n) is 12.6. The Bertz CT molecular complexity index is 2500. The first kappa shape index (κ1) is 33.6. The van der Waals surface area contributed by atoms with Crippen molar-refractivity contribution >= 4 is 45.3 Å². The number of aryl methyl sites for hydroxylation is 2. The van der Waals surface area contributed by atoms with Gasteiger partial charge in [0.1, 0.15) is 13.1 Å². The van der Waals surface area contributed by atoms with Crippen LogP contribution in [0.5, 0.6) is 0 Å². The number of nitrogens with zero attached hydrogens (tertiary/aromatic N) is 5. The summed E-state index contributed by atoms with van der Waals surface area (Å²) in [5.74, 6) is -0.170. The quantitative estimate of drug-likeness (QED) is 0.167. The molecule has 0 radical (unpaired) electrons. The largest absolute Gasteiger partial charge is 0.325 e. The van der Waals surface area contributed by atoms with Crippen LogP contribution in [0.3, 0.4) is 0 Å². The number of pyridine rings is 1. The zero-order chi connectivity index (χ0) is 35.9. The van der Waals surface area contributed by atoms with Crippen LogP contribution in [-0.4, -0.2) is 35.9 Å². The smallest absolute Gasteiger partial charge is 0.244 e. The summed E-state index contributed by atoms with van der Waals surface area (Å²) in [4.78, 5) is 38.0. The number of fused-ring (bicyclic) bond motifs is 2. The number of amides is 2. The summed E-state index contributed by atoms with van der Waals surface area (Å²) in [6, 6.07) is 43.5. The van der Waals surface area contributed by atoms with E-state index in [2.05, 4.69) is 50.7 Å². The van der Waals surface area contributed by atoms with Gasteiger partial charge in [0.2, 0.25) is 11.8 Å². The lowest BCUT2D eigenvalue weighted by atomic mass is 10.0. The van der Waals surface area contributed by atoms with Gasteiger partial charge in [0.15, 0.2) is 0 Å². The van der Waals surface area contributed by atoms with Crippen molar-refractivity contribution in [2.75, 3.05) is 10.6 Å². The highest BCUT2D eigenvalue weighted by Gasteiger charge is 2.10. The van der Waals surface area contributed by atoms with Crippen LogP contribution in [0, 0.1) is 13.8 Å². The van der Waals surface area contributed by atoms with Gasteiger partial charge in [0.05, 0.1) is 40.4 Å². The van der Waals surface area contributed by atoms with Crippen molar-refractivity contribution in [2.24, 2.45) is 0 Å². The van der Waals surface area contributed by atoms with Crippen molar-refractivity contribution in [1.29, 1.82) is 0 Å². The van der Waals surface area contributed by atoms with E-state index in [1.54, 1.807) is 12.7 Å². The van der Waals surface area contributed by atoms with E-state index in [0.717, 1.165) is 61.4 Å². The van der Waals surface area contributed by atoms with Gasteiger partial charge >= 0.3 is 0 Å². The van der Waals surface area contributed by atoms with Crippen molar-refractivity contribution in [1.82, 2.24) is 24.1 Å². The third-order valence-electron chi connectivity index (χ3n) is 8.53. The maximum atomic E-state index is 12.5. The normalized spacial score (nSPS) is 10.8. The number of carbonyl (C=O) groups excluding carboxylic acids is 2. The molecule has 0 aliphatic heterocycles. The SMILES string of the molecule is Cc1ccc(-c2cccc(NC(=O)Cn3cnc4ccccc43)c2)nc1.Cc1cccc(-c2cccc(NC(=O)Cn3cnc4ccccc43)c2)c1. The minimum atomic E-state index is -0.0952. The highest BCUT2D eigenvalue weighted by Crippen LogP contribution is 2.24. The van der Waals surface area contributed by atoms with E-state index < -0.39 is 0 Å². The third kappa shape index (κ3) is 8.11. The summed E-state index contributed by atoms with van der Waals surface area (Å²) in [5.41, 5.74) is 11.6.